The zero-order valence-electron chi connectivity index (χ0n) is 6.03. The van der Waals surface area contributed by atoms with Crippen molar-refractivity contribution < 1.29 is 14.4 Å². The van der Waals surface area contributed by atoms with Crippen LogP contribution >= 0.6 is 0 Å². The molecule has 0 aromatic heterocycles. The summed E-state index contributed by atoms with van der Waals surface area (Å²) in [6, 6.07) is -1.14. The van der Waals surface area contributed by atoms with Crippen LogP contribution in [0.15, 0.2) is 0 Å². The Morgan fingerprint density at radius 3 is 2.55 bits per heavy atom. The minimum atomic E-state index is -1.14. The maximum absolute atomic E-state index is 10.9. The Morgan fingerprint density at radius 1 is 1.45 bits per heavy atom. The predicted molar refractivity (Wildman–Crippen MR) is 35.4 cm³/mol. The number of carbonyl (C=O) groups is 3. The molecule has 0 saturated carbocycles. The lowest BCUT2D eigenvalue weighted by Gasteiger charge is -2.23. The van der Waals surface area contributed by atoms with Gasteiger partial charge in [0, 0.05) is 7.05 Å². The van der Waals surface area contributed by atoms with E-state index in [9.17, 15) is 14.4 Å². The van der Waals surface area contributed by atoms with Gasteiger partial charge >= 0.3 is 0 Å². The van der Waals surface area contributed by atoms with Crippen molar-refractivity contribution in [1.29, 1.82) is 0 Å². The number of hydrogen-bond acceptors (Lipinski definition) is 4. The quantitative estimate of drug-likeness (QED) is 0.334. The highest BCUT2D eigenvalue weighted by Gasteiger charge is 2.35. The van der Waals surface area contributed by atoms with Gasteiger partial charge < -0.3 is 5.73 Å². The average molecular weight is 156 g/mol. The summed E-state index contributed by atoms with van der Waals surface area (Å²) >= 11 is 0. The van der Waals surface area contributed by atoms with E-state index in [1.807, 2.05) is 0 Å². The molecule has 5 heteroatoms. The van der Waals surface area contributed by atoms with E-state index in [2.05, 4.69) is 0 Å². The van der Waals surface area contributed by atoms with Crippen molar-refractivity contribution in [2.24, 2.45) is 5.73 Å². The Bertz CT molecular complexity index is 214. The van der Waals surface area contributed by atoms with Gasteiger partial charge in [-0.3, -0.25) is 19.3 Å². The van der Waals surface area contributed by atoms with Gasteiger partial charge in [0.05, 0.1) is 6.42 Å². The van der Waals surface area contributed by atoms with Crippen LogP contribution in [-0.2, 0) is 14.4 Å². The lowest BCUT2D eigenvalue weighted by atomic mass is 10.0. The minimum Gasteiger partial charge on any atom is -0.314 e. The molecule has 1 atom stereocenters. The summed E-state index contributed by atoms with van der Waals surface area (Å²) in [6.07, 6.45) is -0.261. The predicted octanol–water partition coefficient (Wildman–Crippen LogP) is -1.73. The summed E-state index contributed by atoms with van der Waals surface area (Å²) in [4.78, 5) is 33.3. The van der Waals surface area contributed by atoms with E-state index in [0.717, 1.165) is 4.90 Å². The summed E-state index contributed by atoms with van der Waals surface area (Å²) in [6.45, 7) is 0. The second-order valence-corrected chi connectivity index (χ2v) is 2.41. The maximum atomic E-state index is 10.9. The van der Waals surface area contributed by atoms with Crippen LogP contribution in [0.5, 0.6) is 0 Å². The highest BCUT2D eigenvalue weighted by Crippen LogP contribution is 2.05. The number of imide groups is 1. The summed E-state index contributed by atoms with van der Waals surface area (Å²) in [5, 5.41) is 0. The number of ketones is 1. The first-order valence-electron chi connectivity index (χ1n) is 3.12. The lowest BCUT2D eigenvalue weighted by molar-refractivity contribution is -0.151. The van der Waals surface area contributed by atoms with E-state index in [1.165, 1.54) is 7.05 Å². The topological polar surface area (TPSA) is 80.5 Å². The number of amides is 2. The van der Waals surface area contributed by atoms with Crippen molar-refractivity contribution in [2.45, 2.75) is 12.5 Å². The van der Waals surface area contributed by atoms with Gasteiger partial charge in [0.2, 0.25) is 5.91 Å². The largest absolute Gasteiger partial charge is 0.314 e. The molecule has 0 aromatic rings. The molecule has 1 unspecified atom stereocenters. The molecule has 1 rings (SSSR count). The molecule has 60 valence electrons. The van der Waals surface area contributed by atoms with Gasteiger partial charge in [-0.15, -0.1) is 0 Å². The van der Waals surface area contributed by atoms with Gasteiger partial charge in [0.15, 0.2) is 5.78 Å². The standard InChI is InChI=1S/C6H8N2O3/c1-8-4(10)2-3(9)5(7)6(8)11/h5H,2,7H2,1H3. The van der Waals surface area contributed by atoms with Gasteiger partial charge in [-0.1, -0.05) is 0 Å². The maximum Gasteiger partial charge on any atom is 0.253 e. The Kier molecular flexibility index (Phi) is 1.74. The number of hydrogen-bond donors (Lipinski definition) is 1. The van der Waals surface area contributed by atoms with Crippen molar-refractivity contribution in [3.05, 3.63) is 0 Å². The van der Waals surface area contributed by atoms with Crippen LogP contribution in [0.2, 0.25) is 0 Å². The van der Waals surface area contributed by atoms with Crippen LogP contribution in [-0.4, -0.2) is 35.6 Å². The van der Waals surface area contributed by atoms with Gasteiger partial charge in [-0.25, -0.2) is 0 Å². The van der Waals surface area contributed by atoms with Crippen molar-refractivity contribution in [3.8, 4) is 0 Å². The molecule has 1 aliphatic heterocycles. The fourth-order valence-electron chi connectivity index (χ4n) is 0.847. The van der Waals surface area contributed by atoms with E-state index in [4.69, 9.17) is 5.73 Å². The van der Waals surface area contributed by atoms with E-state index in [0.29, 0.717) is 0 Å². The van der Waals surface area contributed by atoms with Gasteiger partial charge in [0.1, 0.15) is 6.04 Å². The SMILES string of the molecule is CN1C(=O)CC(=O)C(N)C1=O. The number of likely N-dealkylation sites (N-methyl/N-ethyl adjacent to an activating group) is 1. The molecule has 2 amide bonds. The van der Waals surface area contributed by atoms with Crippen LogP contribution < -0.4 is 5.73 Å². The van der Waals surface area contributed by atoms with E-state index < -0.39 is 23.6 Å². The molecule has 0 aliphatic carbocycles. The van der Waals surface area contributed by atoms with Crippen LogP contribution in [0.3, 0.4) is 0 Å². The molecular formula is C6H8N2O3. The number of Topliss-reactive ketones (excluding diaryl/α,β-unsaturated/α-hetero) is 1. The number of nitrogens with zero attached hydrogens (tertiary/aromatic N) is 1. The summed E-state index contributed by atoms with van der Waals surface area (Å²) < 4.78 is 0. The van der Waals surface area contributed by atoms with Crippen molar-refractivity contribution in [1.82, 2.24) is 4.90 Å². The summed E-state index contributed by atoms with van der Waals surface area (Å²) in [5.74, 6) is -1.61. The normalized spacial score (nSPS) is 26.2. The van der Waals surface area contributed by atoms with Gasteiger partial charge in [-0.2, -0.15) is 0 Å². The lowest BCUT2D eigenvalue weighted by Crippen LogP contribution is -2.54. The molecule has 1 saturated heterocycles. The van der Waals surface area contributed by atoms with Crippen LogP contribution in [0.4, 0.5) is 0 Å². The first-order valence-corrected chi connectivity index (χ1v) is 3.12. The molecule has 0 bridgehead atoms. The summed E-state index contributed by atoms with van der Waals surface area (Å²) in [7, 11) is 1.32. The zero-order valence-corrected chi connectivity index (χ0v) is 6.03. The summed E-state index contributed by atoms with van der Waals surface area (Å²) in [5.41, 5.74) is 5.18. The molecule has 11 heavy (non-hydrogen) atoms. The molecule has 2 N–H and O–H groups in total. The molecule has 0 radical (unpaired) electrons. The van der Waals surface area contributed by atoms with Crippen LogP contribution in [0, 0.1) is 0 Å². The van der Waals surface area contributed by atoms with E-state index in [1.54, 1.807) is 0 Å². The van der Waals surface area contributed by atoms with Gasteiger partial charge in [-0.05, 0) is 0 Å². The third-order valence-electron chi connectivity index (χ3n) is 1.64. The highest BCUT2D eigenvalue weighted by molar-refractivity contribution is 6.20. The first kappa shape index (κ1) is 7.87. The molecule has 0 spiro atoms. The third-order valence-corrected chi connectivity index (χ3v) is 1.64. The molecule has 1 fully saturated rings. The average Bonchev–Trinajstić information content (AvgIpc) is 1.97. The minimum absolute atomic E-state index is 0.261. The fourth-order valence-corrected chi connectivity index (χ4v) is 0.847. The number of piperidine rings is 1. The van der Waals surface area contributed by atoms with Crippen molar-refractivity contribution >= 4 is 17.6 Å². The first-order chi connectivity index (χ1) is 5.04. The number of rotatable bonds is 0. The van der Waals surface area contributed by atoms with E-state index in [-0.39, 0.29) is 6.42 Å². The second-order valence-electron chi connectivity index (χ2n) is 2.41. The molecule has 1 heterocycles. The third kappa shape index (κ3) is 1.14. The highest BCUT2D eigenvalue weighted by atomic mass is 16.2. The Hall–Kier alpha value is -1.23. The number of nitrogens with two attached hydrogens (primary N) is 1. The molecular weight excluding hydrogens is 148 g/mol. The van der Waals surface area contributed by atoms with Gasteiger partial charge in [0.25, 0.3) is 5.91 Å². The Balaban J connectivity index is 2.87. The molecule has 1 aliphatic rings. The van der Waals surface area contributed by atoms with Crippen molar-refractivity contribution in [3.63, 3.8) is 0 Å². The van der Waals surface area contributed by atoms with E-state index >= 15 is 0 Å². The smallest absolute Gasteiger partial charge is 0.253 e. The van der Waals surface area contributed by atoms with Crippen LogP contribution in [0.25, 0.3) is 0 Å². The van der Waals surface area contributed by atoms with Crippen LogP contribution in [0.1, 0.15) is 6.42 Å². The van der Waals surface area contributed by atoms with Crippen molar-refractivity contribution in [2.75, 3.05) is 7.05 Å². The number of likely N-dealkylation sites (tertiary alicyclic amines) is 1. The molecule has 5 nitrogen and oxygen atoms in total. The Morgan fingerprint density at radius 2 is 2.00 bits per heavy atom. The molecule has 0 aromatic carbocycles. The number of carbonyl (C=O) groups excluding carboxylic acids is 3. The monoisotopic (exact) mass is 156 g/mol. The Labute approximate surface area is 63.1 Å². The fraction of sp³-hybridized carbons (Fsp3) is 0.500. The zero-order chi connectivity index (χ0) is 8.59. The second kappa shape index (κ2) is 2.43.